The molecule has 0 amide bonds. The predicted octanol–water partition coefficient (Wildman–Crippen LogP) is -0.665. The van der Waals surface area contributed by atoms with Gasteiger partial charge in [-0.25, -0.2) is 4.79 Å². The van der Waals surface area contributed by atoms with Gasteiger partial charge >= 0.3 is 5.97 Å². The summed E-state index contributed by atoms with van der Waals surface area (Å²) in [5.41, 5.74) is -0.0496. The molecule has 1 aromatic rings. The van der Waals surface area contributed by atoms with Crippen LogP contribution in [0.4, 0.5) is 0 Å². The molecule has 1 atom stereocenters. The summed E-state index contributed by atoms with van der Waals surface area (Å²) >= 11 is 0. The van der Waals surface area contributed by atoms with Crippen LogP contribution in [0, 0.1) is 0 Å². The van der Waals surface area contributed by atoms with Gasteiger partial charge in [0.25, 0.3) is 0 Å². The molecule has 17 heavy (non-hydrogen) atoms. The monoisotopic (exact) mass is 260 g/mol. The van der Waals surface area contributed by atoms with Crippen LogP contribution in [0.3, 0.4) is 0 Å². The Hall–Kier alpha value is -1.28. The summed E-state index contributed by atoms with van der Waals surface area (Å²) in [6.45, 7) is 2.04. The van der Waals surface area contributed by atoms with Gasteiger partial charge in [-0.05, 0) is 13.0 Å². The van der Waals surface area contributed by atoms with E-state index >= 15 is 0 Å². The van der Waals surface area contributed by atoms with Crippen molar-refractivity contribution in [2.75, 3.05) is 25.1 Å². The standard InChI is InChI=1S/C9H16N4O3S/c1-17(16)6-2-3-10-4-5-13-7-8(9(14)15)11-12-13/h7,10H,2-6H2,1H3,(H,14,15). The Bertz CT molecular complexity index is 393. The molecule has 0 saturated heterocycles. The Morgan fingerprint density at radius 3 is 2.94 bits per heavy atom. The molecule has 0 aromatic carbocycles. The van der Waals surface area contributed by atoms with Gasteiger partial charge in [-0.2, -0.15) is 0 Å². The fourth-order valence-corrected chi connectivity index (χ4v) is 1.78. The van der Waals surface area contributed by atoms with E-state index in [1.54, 1.807) is 6.26 Å². The third-order valence-corrected chi connectivity index (χ3v) is 2.92. The van der Waals surface area contributed by atoms with Crippen LogP contribution in [0.15, 0.2) is 6.20 Å². The SMILES string of the molecule is CS(=O)CCCNCCn1cc(C(=O)O)nn1. The van der Waals surface area contributed by atoms with Crippen molar-refractivity contribution in [3.05, 3.63) is 11.9 Å². The summed E-state index contributed by atoms with van der Waals surface area (Å²) in [6, 6.07) is 0. The largest absolute Gasteiger partial charge is 0.476 e. The number of hydrogen-bond donors (Lipinski definition) is 2. The summed E-state index contributed by atoms with van der Waals surface area (Å²) in [6.07, 6.45) is 3.94. The summed E-state index contributed by atoms with van der Waals surface area (Å²) in [5, 5.41) is 19.0. The summed E-state index contributed by atoms with van der Waals surface area (Å²) in [5.74, 6) is -0.380. The van der Waals surface area contributed by atoms with E-state index in [1.807, 2.05) is 0 Å². The van der Waals surface area contributed by atoms with Crippen LogP contribution in [0.1, 0.15) is 16.9 Å². The molecule has 0 aliphatic rings. The van der Waals surface area contributed by atoms with E-state index in [2.05, 4.69) is 15.6 Å². The number of aromatic carboxylic acids is 1. The van der Waals surface area contributed by atoms with Crippen LogP contribution in [0.5, 0.6) is 0 Å². The highest BCUT2D eigenvalue weighted by Crippen LogP contribution is 1.91. The first-order valence-electron chi connectivity index (χ1n) is 5.24. The zero-order chi connectivity index (χ0) is 12.7. The minimum Gasteiger partial charge on any atom is -0.476 e. The minimum atomic E-state index is -1.07. The zero-order valence-corrected chi connectivity index (χ0v) is 10.4. The van der Waals surface area contributed by atoms with Crippen molar-refractivity contribution in [1.82, 2.24) is 20.3 Å². The van der Waals surface area contributed by atoms with Crippen LogP contribution >= 0.6 is 0 Å². The Balaban J connectivity index is 2.13. The van der Waals surface area contributed by atoms with Crippen molar-refractivity contribution in [3.8, 4) is 0 Å². The lowest BCUT2D eigenvalue weighted by Crippen LogP contribution is -2.22. The Morgan fingerprint density at radius 2 is 2.35 bits per heavy atom. The maximum absolute atomic E-state index is 10.8. The van der Waals surface area contributed by atoms with Crippen LogP contribution in [-0.4, -0.2) is 55.4 Å². The quantitative estimate of drug-likeness (QED) is 0.602. The van der Waals surface area contributed by atoms with E-state index in [4.69, 9.17) is 5.11 Å². The molecule has 1 heterocycles. The Morgan fingerprint density at radius 1 is 1.59 bits per heavy atom. The van der Waals surface area contributed by atoms with Crippen molar-refractivity contribution >= 4 is 16.8 Å². The highest BCUT2D eigenvalue weighted by atomic mass is 32.2. The molecule has 2 N–H and O–H groups in total. The van der Waals surface area contributed by atoms with E-state index in [0.29, 0.717) is 18.8 Å². The van der Waals surface area contributed by atoms with Crippen molar-refractivity contribution in [1.29, 1.82) is 0 Å². The van der Waals surface area contributed by atoms with Crippen molar-refractivity contribution < 1.29 is 14.1 Å². The average Bonchev–Trinajstić information content (AvgIpc) is 2.71. The molecular weight excluding hydrogens is 244 g/mol. The molecule has 96 valence electrons. The minimum absolute atomic E-state index is 0.0496. The summed E-state index contributed by atoms with van der Waals surface area (Å²) in [7, 11) is -0.742. The second-order valence-corrected chi connectivity index (χ2v) is 5.11. The maximum Gasteiger partial charge on any atom is 0.358 e. The van der Waals surface area contributed by atoms with Crippen molar-refractivity contribution in [2.45, 2.75) is 13.0 Å². The summed E-state index contributed by atoms with van der Waals surface area (Å²) in [4.78, 5) is 10.5. The molecule has 0 spiro atoms. The number of carboxylic acids is 1. The van der Waals surface area contributed by atoms with Crippen molar-refractivity contribution in [3.63, 3.8) is 0 Å². The molecule has 0 radical (unpaired) electrons. The van der Waals surface area contributed by atoms with Crippen molar-refractivity contribution in [2.24, 2.45) is 0 Å². The highest BCUT2D eigenvalue weighted by molar-refractivity contribution is 7.84. The lowest BCUT2D eigenvalue weighted by molar-refractivity contribution is 0.0690. The Kier molecular flexibility index (Phi) is 5.78. The van der Waals surface area contributed by atoms with E-state index in [1.165, 1.54) is 10.9 Å². The van der Waals surface area contributed by atoms with Gasteiger partial charge in [0.15, 0.2) is 5.69 Å². The topological polar surface area (TPSA) is 97.1 Å². The molecule has 8 heteroatoms. The fourth-order valence-electron chi connectivity index (χ4n) is 1.22. The first kappa shape index (κ1) is 13.8. The smallest absolute Gasteiger partial charge is 0.358 e. The number of nitrogens with one attached hydrogen (secondary N) is 1. The zero-order valence-electron chi connectivity index (χ0n) is 9.63. The molecule has 0 aliphatic heterocycles. The number of rotatable bonds is 8. The predicted molar refractivity (Wildman–Crippen MR) is 63.4 cm³/mol. The number of carbonyl (C=O) groups is 1. The third-order valence-electron chi connectivity index (χ3n) is 2.06. The Labute approximate surface area is 102 Å². The van der Waals surface area contributed by atoms with Gasteiger partial charge in [-0.3, -0.25) is 8.89 Å². The van der Waals surface area contributed by atoms with E-state index < -0.39 is 16.8 Å². The van der Waals surface area contributed by atoms with Crippen LogP contribution in [0.2, 0.25) is 0 Å². The summed E-state index contributed by atoms with van der Waals surface area (Å²) < 4.78 is 12.3. The molecule has 1 rings (SSSR count). The maximum atomic E-state index is 10.8. The van der Waals surface area contributed by atoms with E-state index in [9.17, 15) is 9.00 Å². The average molecular weight is 260 g/mol. The van der Waals surface area contributed by atoms with Gasteiger partial charge in [0.05, 0.1) is 12.7 Å². The molecule has 1 unspecified atom stereocenters. The van der Waals surface area contributed by atoms with E-state index in [-0.39, 0.29) is 5.69 Å². The lowest BCUT2D eigenvalue weighted by atomic mass is 10.4. The number of hydrogen-bond acceptors (Lipinski definition) is 5. The second-order valence-electron chi connectivity index (χ2n) is 3.55. The highest BCUT2D eigenvalue weighted by Gasteiger charge is 2.07. The fraction of sp³-hybridized carbons (Fsp3) is 0.667. The van der Waals surface area contributed by atoms with Gasteiger partial charge < -0.3 is 10.4 Å². The van der Waals surface area contributed by atoms with E-state index in [0.717, 1.165) is 13.0 Å². The van der Waals surface area contributed by atoms with Gasteiger partial charge in [-0.15, -0.1) is 5.10 Å². The number of aromatic nitrogens is 3. The normalized spacial score (nSPS) is 12.5. The van der Waals surface area contributed by atoms with Gasteiger partial charge in [0, 0.05) is 29.4 Å². The molecule has 7 nitrogen and oxygen atoms in total. The molecule has 0 fully saturated rings. The molecule has 1 aromatic heterocycles. The van der Waals surface area contributed by atoms with Gasteiger partial charge in [0.2, 0.25) is 0 Å². The first-order chi connectivity index (χ1) is 8.09. The number of nitrogens with zero attached hydrogens (tertiary/aromatic N) is 3. The van der Waals surface area contributed by atoms with Gasteiger partial charge in [-0.1, -0.05) is 5.21 Å². The van der Waals surface area contributed by atoms with Crippen LogP contribution in [-0.2, 0) is 17.3 Å². The third kappa shape index (κ3) is 5.55. The molecule has 0 bridgehead atoms. The molecular formula is C9H16N4O3S. The molecule has 0 saturated carbocycles. The first-order valence-corrected chi connectivity index (χ1v) is 6.96. The number of carboxylic acid groups (broad SMARTS) is 1. The van der Waals surface area contributed by atoms with Crippen LogP contribution < -0.4 is 5.32 Å². The molecule has 0 aliphatic carbocycles. The van der Waals surface area contributed by atoms with Crippen LogP contribution in [0.25, 0.3) is 0 Å². The second kappa shape index (κ2) is 7.13. The lowest BCUT2D eigenvalue weighted by Gasteiger charge is -2.03. The van der Waals surface area contributed by atoms with Gasteiger partial charge in [0.1, 0.15) is 0 Å².